The van der Waals surface area contributed by atoms with Crippen LogP contribution in [0.15, 0.2) is 0 Å². The van der Waals surface area contributed by atoms with E-state index in [9.17, 15) is 18.0 Å². The minimum atomic E-state index is -4.65. The molecule has 1 aliphatic heterocycles. The Kier molecular flexibility index (Phi) is 4.71. The Hall–Kier alpha value is -2.47. The lowest BCUT2D eigenvalue weighted by Gasteiger charge is -2.10. The van der Waals surface area contributed by atoms with Gasteiger partial charge in [0, 0.05) is 17.8 Å². The lowest BCUT2D eigenvalue weighted by Crippen LogP contribution is -2.39. The van der Waals surface area contributed by atoms with Crippen molar-refractivity contribution in [1.82, 2.24) is 35.8 Å². The van der Waals surface area contributed by atoms with E-state index in [1.165, 1.54) is 0 Å². The fourth-order valence-electron chi connectivity index (χ4n) is 3.08. The van der Waals surface area contributed by atoms with Crippen molar-refractivity contribution in [2.75, 3.05) is 5.32 Å². The number of H-pyrrole nitrogens is 1. The Balaban J connectivity index is 1.66. The summed E-state index contributed by atoms with van der Waals surface area (Å²) < 4.78 is 39.4. The SMILES string of the molecule is CCn1nc(C)c(C2CC(C(=O)Nc3n[nH]c(C(F)(F)F)n3)NN2)c1C. The van der Waals surface area contributed by atoms with Crippen molar-refractivity contribution in [3.8, 4) is 0 Å². The number of amides is 1. The van der Waals surface area contributed by atoms with Gasteiger partial charge in [-0.05, 0) is 27.2 Å². The number of aryl methyl sites for hydroxylation is 2. The highest BCUT2D eigenvalue weighted by Gasteiger charge is 2.37. The van der Waals surface area contributed by atoms with Gasteiger partial charge in [0.15, 0.2) is 0 Å². The predicted molar refractivity (Wildman–Crippen MR) is 84.8 cm³/mol. The molecule has 1 aliphatic rings. The normalized spacial score (nSPS) is 20.5. The summed E-state index contributed by atoms with van der Waals surface area (Å²) in [5, 5.41) is 11.8. The Morgan fingerprint density at radius 3 is 2.65 bits per heavy atom. The number of hydrazine groups is 1. The molecule has 0 aromatic carbocycles. The van der Waals surface area contributed by atoms with Crippen molar-refractivity contribution in [2.24, 2.45) is 0 Å². The van der Waals surface area contributed by atoms with Gasteiger partial charge in [0.25, 0.3) is 0 Å². The summed E-state index contributed by atoms with van der Waals surface area (Å²) in [5.41, 5.74) is 8.79. The summed E-state index contributed by atoms with van der Waals surface area (Å²) in [6.45, 7) is 6.59. The number of hydrogen-bond donors (Lipinski definition) is 4. The van der Waals surface area contributed by atoms with E-state index < -0.39 is 29.9 Å². The maximum absolute atomic E-state index is 12.5. The summed E-state index contributed by atoms with van der Waals surface area (Å²) in [6, 6.07) is -0.777. The van der Waals surface area contributed by atoms with Gasteiger partial charge in [0.2, 0.25) is 17.7 Å². The highest BCUT2D eigenvalue weighted by Crippen LogP contribution is 2.29. The number of rotatable bonds is 4. The van der Waals surface area contributed by atoms with Crippen LogP contribution in [0.3, 0.4) is 0 Å². The number of halogens is 3. The number of nitrogens with one attached hydrogen (secondary N) is 4. The molecule has 0 bridgehead atoms. The first-order valence-corrected chi connectivity index (χ1v) is 8.06. The van der Waals surface area contributed by atoms with E-state index in [0.29, 0.717) is 6.42 Å². The Bertz CT molecular complexity index is 812. The molecule has 0 saturated carbocycles. The number of aromatic amines is 1. The first-order chi connectivity index (χ1) is 12.2. The lowest BCUT2D eigenvalue weighted by molar-refractivity contribution is -0.144. The molecule has 4 N–H and O–H groups in total. The monoisotopic (exact) mass is 372 g/mol. The summed E-state index contributed by atoms with van der Waals surface area (Å²) >= 11 is 0. The molecule has 0 aliphatic carbocycles. The Morgan fingerprint density at radius 2 is 2.08 bits per heavy atom. The van der Waals surface area contributed by atoms with E-state index in [0.717, 1.165) is 23.5 Å². The molecule has 9 nitrogen and oxygen atoms in total. The molecular weight excluding hydrogens is 353 g/mol. The largest absolute Gasteiger partial charge is 0.451 e. The van der Waals surface area contributed by atoms with Crippen LogP contribution in [0.4, 0.5) is 19.1 Å². The highest BCUT2D eigenvalue weighted by molar-refractivity contribution is 5.93. The number of hydrogen-bond acceptors (Lipinski definition) is 6. The minimum Gasteiger partial charge on any atom is -0.292 e. The van der Waals surface area contributed by atoms with Crippen LogP contribution in [0.25, 0.3) is 0 Å². The fourth-order valence-corrected chi connectivity index (χ4v) is 3.08. The average Bonchev–Trinajstić information content (AvgIpc) is 3.26. The molecule has 0 spiro atoms. The van der Waals surface area contributed by atoms with Gasteiger partial charge in [-0.3, -0.25) is 19.9 Å². The van der Waals surface area contributed by atoms with Gasteiger partial charge >= 0.3 is 6.18 Å². The molecule has 12 heteroatoms. The molecule has 1 amide bonds. The summed E-state index contributed by atoms with van der Waals surface area (Å²) in [6.07, 6.45) is -4.23. The zero-order valence-corrected chi connectivity index (χ0v) is 14.4. The third kappa shape index (κ3) is 3.42. The van der Waals surface area contributed by atoms with Crippen LogP contribution in [0, 0.1) is 13.8 Å². The second kappa shape index (κ2) is 6.68. The van der Waals surface area contributed by atoms with Crippen molar-refractivity contribution in [1.29, 1.82) is 0 Å². The van der Waals surface area contributed by atoms with Gasteiger partial charge in [-0.25, -0.2) is 10.9 Å². The molecule has 1 saturated heterocycles. The van der Waals surface area contributed by atoms with Gasteiger partial charge in [0.1, 0.15) is 6.04 Å². The van der Waals surface area contributed by atoms with Crippen LogP contribution in [0.2, 0.25) is 0 Å². The molecule has 142 valence electrons. The molecule has 0 radical (unpaired) electrons. The molecular formula is C14H19F3N8O. The maximum Gasteiger partial charge on any atom is 0.451 e. The van der Waals surface area contributed by atoms with E-state index in [1.807, 2.05) is 25.5 Å². The van der Waals surface area contributed by atoms with Crippen molar-refractivity contribution in [2.45, 2.75) is 52.0 Å². The van der Waals surface area contributed by atoms with Crippen LogP contribution in [-0.4, -0.2) is 36.9 Å². The maximum atomic E-state index is 12.5. The van der Waals surface area contributed by atoms with E-state index in [-0.39, 0.29) is 6.04 Å². The van der Waals surface area contributed by atoms with E-state index in [4.69, 9.17) is 0 Å². The number of carbonyl (C=O) groups is 1. The first kappa shape index (κ1) is 18.3. The third-order valence-corrected chi connectivity index (χ3v) is 4.29. The lowest BCUT2D eigenvalue weighted by atomic mass is 10.00. The summed E-state index contributed by atoms with van der Waals surface area (Å²) in [5.74, 6) is -2.20. The Morgan fingerprint density at radius 1 is 1.35 bits per heavy atom. The van der Waals surface area contributed by atoms with Gasteiger partial charge in [-0.15, -0.1) is 5.10 Å². The van der Waals surface area contributed by atoms with Crippen molar-refractivity contribution < 1.29 is 18.0 Å². The molecule has 3 heterocycles. The summed E-state index contributed by atoms with van der Waals surface area (Å²) in [4.78, 5) is 15.5. The minimum absolute atomic E-state index is 0.135. The van der Waals surface area contributed by atoms with Crippen LogP contribution in [0.1, 0.15) is 42.2 Å². The van der Waals surface area contributed by atoms with Gasteiger partial charge in [-0.2, -0.15) is 23.3 Å². The van der Waals surface area contributed by atoms with Gasteiger partial charge < -0.3 is 0 Å². The molecule has 2 aromatic heterocycles. The van der Waals surface area contributed by atoms with Crippen molar-refractivity contribution >= 4 is 11.9 Å². The Labute approximate surface area is 146 Å². The molecule has 26 heavy (non-hydrogen) atoms. The summed E-state index contributed by atoms with van der Waals surface area (Å²) in [7, 11) is 0. The van der Waals surface area contributed by atoms with Crippen LogP contribution < -0.4 is 16.2 Å². The third-order valence-electron chi connectivity index (χ3n) is 4.29. The second-order valence-electron chi connectivity index (χ2n) is 6.02. The average molecular weight is 372 g/mol. The molecule has 3 rings (SSSR count). The number of alkyl halides is 3. The highest BCUT2D eigenvalue weighted by atomic mass is 19.4. The standard InChI is InChI=1S/C14H19F3N8O/c1-4-25-7(3)10(6(2)24-25)8-5-9(21-20-8)11(26)18-13-19-12(22-23-13)14(15,16)17/h8-9,20-21H,4-5H2,1-3H3,(H2,18,19,22,23,26). The number of aromatic nitrogens is 5. The van der Waals surface area contributed by atoms with E-state index >= 15 is 0 Å². The van der Waals surface area contributed by atoms with E-state index in [2.05, 4.69) is 31.3 Å². The number of carbonyl (C=O) groups excluding carboxylic acids is 1. The van der Waals surface area contributed by atoms with Crippen molar-refractivity contribution in [3.63, 3.8) is 0 Å². The molecule has 2 atom stereocenters. The topological polar surface area (TPSA) is 113 Å². The quantitative estimate of drug-likeness (QED) is 0.642. The predicted octanol–water partition coefficient (Wildman–Crippen LogP) is 1.20. The van der Waals surface area contributed by atoms with Gasteiger partial charge in [0.05, 0.1) is 11.7 Å². The van der Waals surface area contributed by atoms with Crippen LogP contribution in [0.5, 0.6) is 0 Å². The van der Waals surface area contributed by atoms with E-state index in [1.54, 1.807) is 5.10 Å². The smallest absolute Gasteiger partial charge is 0.292 e. The number of anilines is 1. The number of nitrogens with zero attached hydrogens (tertiary/aromatic N) is 4. The zero-order chi connectivity index (χ0) is 19.1. The van der Waals surface area contributed by atoms with Crippen molar-refractivity contribution in [3.05, 3.63) is 22.8 Å². The fraction of sp³-hybridized carbons (Fsp3) is 0.571. The first-order valence-electron chi connectivity index (χ1n) is 8.06. The van der Waals surface area contributed by atoms with Crippen LogP contribution >= 0.6 is 0 Å². The second-order valence-corrected chi connectivity index (χ2v) is 6.02. The zero-order valence-electron chi connectivity index (χ0n) is 14.4. The molecule has 2 aromatic rings. The molecule has 1 fully saturated rings. The molecule has 2 unspecified atom stereocenters. The van der Waals surface area contributed by atoms with Gasteiger partial charge in [-0.1, -0.05) is 0 Å². The van der Waals surface area contributed by atoms with Crippen LogP contribution in [-0.2, 0) is 17.5 Å².